The molecule has 1 fully saturated rings. The van der Waals surface area contributed by atoms with Crippen molar-refractivity contribution in [2.75, 3.05) is 10.2 Å². The molecule has 0 aliphatic carbocycles. The normalized spacial score (nSPS) is 16.2. The number of nitrogens with zero attached hydrogens (tertiary/aromatic N) is 1. The third-order valence-corrected chi connectivity index (χ3v) is 4.75. The predicted molar refractivity (Wildman–Crippen MR) is 93.5 cm³/mol. The van der Waals surface area contributed by atoms with Gasteiger partial charge in [0, 0.05) is 17.5 Å². The number of nitrogens with one attached hydrogen (secondary N) is 1. The summed E-state index contributed by atoms with van der Waals surface area (Å²) in [6.45, 7) is 1.42. The number of thiophene rings is 1. The Kier molecular flexibility index (Phi) is 4.31. The molecule has 7 heteroatoms. The SMILES string of the molecule is CC(=O)Nc1ccc(N2C(=O)S/C(=C/c3cccs3)C2=O)cc1. The maximum Gasteiger partial charge on any atom is 0.298 e. The first-order valence-corrected chi connectivity index (χ1v) is 8.43. The third kappa shape index (κ3) is 3.35. The van der Waals surface area contributed by atoms with Crippen LogP contribution in [0.3, 0.4) is 0 Å². The first kappa shape index (κ1) is 15.5. The number of rotatable bonds is 3. The van der Waals surface area contributed by atoms with Gasteiger partial charge in [-0.15, -0.1) is 11.3 Å². The number of amides is 3. The number of benzene rings is 1. The predicted octanol–water partition coefficient (Wildman–Crippen LogP) is 3.95. The molecule has 3 amide bonds. The lowest BCUT2D eigenvalue weighted by Crippen LogP contribution is -2.27. The van der Waals surface area contributed by atoms with Crippen LogP contribution in [-0.2, 0) is 9.59 Å². The highest BCUT2D eigenvalue weighted by molar-refractivity contribution is 8.19. The van der Waals surface area contributed by atoms with Gasteiger partial charge in [-0.2, -0.15) is 0 Å². The quantitative estimate of drug-likeness (QED) is 0.856. The van der Waals surface area contributed by atoms with Crippen LogP contribution in [0.4, 0.5) is 16.2 Å². The van der Waals surface area contributed by atoms with Gasteiger partial charge in [-0.25, -0.2) is 4.90 Å². The average molecular weight is 344 g/mol. The van der Waals surface area contributed by atoms with Gasteiger partial charge in [0.2, 0.25) is 5.91 Å². The molecule has 0 radical (unpaired) electrons. The van der Waals surface area contributed by atoms with Crippen LogP contribution in [0.5, 0.6) is 0 Å². The highest BCUT2D eigenvalue weighted by Crippen LogP contribution is 2.36. The van der Waals surface area contributed by atoms with Crippen LogP contribution in [0.2, 0.25) is 0 Å². The molecule has 2 aromatic rings. The Morgan fingerprint density at radius 2 is 1.91 bits per heavy atom. The Labute approximate surface area is 141 Å². The molecule has 1 saturated heterocycles. The van der Waals surface area contributed by atoms with Gasteiger partial charge in [-0.05, 0) is 53.5 Å². The lowest BCUT2D eigenvalue weighted by molar-refractivity contribution is -0.114. The molecule has 1 N–H and O–H groups in total. The van der Waals surface area contributed by atoms with Gasteiger partial charge in [0.05, 0.1) is 10.6 Å². The van der Waals surface area contributed by atoms with Crippen molar-refractivity contribution in [1.29, 1.82) is 0 Å². The Morgan fingerprint density at radius 3 is 2.52 bits per heavy atom. The summed E-state index contributed by atoms with van der Waals surface area (Å²) in [5, 5.41) is 4.23. The van der Waals surface area contributed by atoms with Gasteiger partial charge < -0.3 is 5.32 Å². The van der Waals surface area contributed by atoms with E-state index in [1.165, 1.54) is 18.3 Å². The molecular weight excluding hydrogens is 332 g/mol. The number of thioether (sulfide) groups is 1. The molecule has 2 heterocycles. The summed E-state index contributed by atoms with van der Waals surface area (Å²) in [7, 11) is 0. The fourth-order valence-electron chi connectivity index (χ4n) is 2.09. The van der Waals surface area contributed by atoms with E-state index in [-0.39, 0.29) is 17.1 Å². The van der Waals surface area contributed by atoms with Crippen molar-refractivity contribution in [2.45, 2.75) is 6.92 Å². The largest absolute Gasteiger partial charge is 0.326 e. The summed E-state index contributed by atoms with van der Waals surface area (Å²) in [6, 6.07) is 10.4. The molecule has 1 aromatic carbocycles. The summed E-state index contributed by atoms with van der Waals surface area (Å²) in [4.78, 5) is 38.1. The van der Waals surface area contributed by atoms with Crippen molar-refractivity contribution in [3.05, 3.63) is 51.6 Å². The van der Waals surface area contributed by atoms with Crippen LogP contribution in [0.25, 0.3) is 6.08 Å². The van der Waals surface area contributed by atoms with Crippen molar-refractivity contribution in [1.82, 2.24) is 0 Å². The minimum atomic E-state index is -0.333. The Balaban J connectivity index is 1.84. The fourth-order valence-corrected chi connectivity index (χ4v) is 3.65. The van der Waals surface area contributed by atoms with Gasteiger partial charge in [0.25, 0.3) is 11.1 Å². The van der Waals surface area contributed by atoms with E-state index in [1.54, 1.807) is 30.3 Å². The maximum atomic E-state index is 12.5. The van der Waals surface area contributed by atoms with Gasteiger partial charge in [-0.3, -0.25) is 14.4 Å². The third-order valence-electron chi connectivity index (χ3n) is 3.06. The van der Waals surface area contributed by atoms with E-state index in [1.807, 2.05) is 17.5 Å². The second-order valence-electron chi connectivity index (χ2n) is 4.76. The van der Waals surface area contributed by atoms with E-state index in [0.29, 0.717) is 16.3 Å². The van der Waals surface area contributed by atoms with Crippen molar-refractivity contribution in [2.24, 2.45) is 0 Å². The van der Waals surface area contributed by atoms with E-state index < -0.39 is 0 Å². The first-order valence-electron chi connectivity index (χ1n) is 6.74. The highest BCUT2D eigenvalue weighted by atomic mass is 32.2. The van der Waals surface area contributed by atoms with Crippen molar-refractivity contribution >= 4 is 57.6 Å². The van der Waals surface area contributed by atoms with E-state index >= 15 is 0 Å². The van der Waals surface area contributed by atoms with Crippen LogP contribution in [0, 0.1) is 0 Å². The molecule has 1 aliphatic rings. The topological polar surface area (TPSA) is 66.5 Å². The number of hydrogen-bond acceptors (Lipinski definition) is 5. The molecule has 0 atom stereocenters. The number of anilines is 2. The standard InChI is InChI=1S/C16H12N2O3S2/c1-10(19)17-11-4-6-12(7-5-11)18-15(20)14(23-16(18)21)9-13-3-2-8-22-13/h2-9H,1H3,(H,17,19)/b14-9+. The second kappa shape index (κ2) is 6.39. The number of carbonyl (C=O) groups is 3. The summed E-state index contributed by atoms with van der Waals surface area (Å²) < 4.78 is 0. The van der Waals surface area contributed by atoms with Gasteiger partial charge >= 0.3 is 0 Å². The Bertz CT molecular complexity index is 795. The van der Waals surface area contributed by atoms with E-state index in [2.05, 4.69) is 5.32 Å². The summed E-state index contributed by atoms with van der Waals surface area (Å²) in [5.74, 6) is -0.511. The molecule has 116 valence electrons. The Hall–Kier alpha value is -2.38. The minimum absolute atomic E-state index is 0.178. The molecule has 1 aliphatic heterocycles. The van der Waals surface area contributed by atoms with E-state index in [9.17, 15) is 14.4 Å². The minimum Gasteiger partial charge on any atom is -0.326 e. The fraction of sp³-hybridized carbons (Fsp3) is 0.0625. The van der Waals surface area contributed by atoms with Gasteiger partial charge in [0.1, 0.15) is 0 Å². The monoisotopic (exact) mass is 344 g/mol. The lowest BCUT2D eigenvalue weighted by atomic mass is 10.2. The van der Waals surface area contributed by atoms with Crippen LogP contribution in [0.1, 0.15) is 11.8 Å². The summed E-state index contributed by atoms with van der Waals surface area (Å²) >= 11 is 2.43. The molecule has 5 nitrogen and oxygen atoms in total. The van der Waals surface area contributed by atoms with Crippen LogP contribution in [-0.4, -0.2) is 17.1 Å². The van der Waals surface area contributed by atoms with Crippen molar-refractivity contribution < 1.29 is 14.4 Å². The van der Waals surface area contributed by atoms with Crippen molar-refractivity contribution in [3.63, 3.8) is 0 Å². The van der Waals surface area contributed by atoms with Gasteiger partial charge in [-0.1, -0.05) is 6.07 Å². The first-order chi connectivity index (χ1) is 11.0. The van der Waals surface area contributed by atoms with E-state index in [0.717, 1.165) is 21.5 Å². The molecule has 0 bridgehead atoms. The van der Waals surface area contributed by atoms with Crippen molar-refractivity contribution in [3.8, 4) is 0 Å². The molecule has 23 heavy (non-hydrogen) atoms. The second-order valence-corrected chi connectivity index (χ2v) is 6.73. The lowest BCUT2D eigenvalue weighted by Gasteiger charge is -2.13. The van der Waals surface area contributed by atoms with E-state index in [4.69, 9.17) is 0 Å². The highest BCUT2D eigenvalue weighted by Gasteiger charge is 2.36. The zero-order chi connectivity index (χ0) is 16.4. The molecule has 3 rings (SSSR count). The zero-order valence-corrected chi connectivity index (χ0v) is 13.7. The molecule has 1 aromatic heterocycles. The maximum absolute atomic E-state index is 12.5. The van der Waals surface area contributed by atoms with Crippen LogP contribution in [0.15, 0.2) is 46.7 Å². The number of imide groups is 1. The Morgan fingerprint density at radius 1 is 1.17 bits per heavy atom. The summed E-state index contributed by atoms with van der Waals surface area (Å²) in [6.07, 6.45) is 1.72. The molecule has 0 unspecified atom stereocenters. The number of hydrogen-bond donors (Lipinski definition) is 1. The van der Waals surface area contributed by atoms with Crippen LogP contribution >= 0.6 is 23.1 Å². The molecule has 0 saturated carbocycles. The molecule has 0 spiro atoms. The average Bonchev–Trinajstić information content (AvgIpc) is 3.09. The molecular formula is C16H12N2O3S2. The zero-order valence-electron chi connectivity index (χ0n) is 12.1. The summed E-state index contributed by atoms with van der Waals surface area (Å²) in [5.41, 5.74) is 1.10. The smallest absolute Gasteiger partial charge is 0.298 e. The van der Waals surface area contributed by atoms with Gasteiger partial charge in [0.15, 0.2) is 0 Å². The van der Waals surface area contributed by atoms with Crippen LogP contribution < -0.4 is 10.2 Å². The number of carbonyl (C=O) groups excluding carboxylic acids is 3.